The Morgan fingerprint density at radius 1 is 1.31 bits per heavy atom. The molecule has 3 N–H and O–H groups in total. The molecule has 68 valence electrons. The smallest absolute Gasteiger partial charge is 0.194 e. The molecule has 0 aliphatic carbocycles. The molecule has 3 nitrogen and oxygen atoms in total. The van der Waals surface area contributed by atoms with Gasteiger partial charge in [-0.05, 0) is 6.07 Å². The van der Waals surface area contributed by atoms with E-state index in [0.717, 1.165) is 23.4 Å². The third kappa shape index (κ3) is 1.65. The zero-order valence-electron chi connectivity index (χ0n) is 7.29. The molecule has 0 amide bonds. The van der Waals surface area contributed by atoms with Crippen LogP contribution in [0.2, 0.25) is 0 Å². The highest BCUT2D eigenvalue weighted by atomic mass is 16.3. The number of para-hydroxylation sites is 1. The fourth-order valence-electron chi connectivity index (χ4n) is 1.26. The summed E-state index contributed by atoms with van der Waals surface area (Å²) in [5, 5.41) is 4.21. The second kappa shape index (κ2) is 3.49. The fourth-order valence-corrected chi connectivity index (χ4v) is 1.26. The Bertz CT molecular complexity index is 361. The minimum absolute atomic E-state index is 0.608. The lowest BCUT2D eigenvalue weighted by Gasteiger charge is -1.96. The van der Waals surface area contributed by atoms with Crippen LogP contribution in [0.5, 0.6) is 0 Å². The predicted molar refractivity (Wildman–Crippen MR) is 53.8 cm³/mol. The van der Waals surface area contributed by atoms with Crippen molar-refractivity contribution in [1.82, 2.24) is 0 Å². The number of nitrogens with one attached hydrogen (secondary N) is 1. The van der Waals surface area contributed by atoms with Crippen LogP contribution in [0.1, 0.15) is 0 Å². The highest BCUT2D eigenvalue weighted by molar-refractivity contribution is 5.80. The Morgan fingerprint density at radius 2 is 2.15 bits per heavy atom. The molecule has 2 rings (SSSR count). The first kappa shape index (κ1) is 8.13. The normalized spacial score (nSPS) is 10.5. The van der Waals surface area contributed by atoms with Crippen molar-refractivity contribution < 1.29 is 4.42 Å². The summed E-state index contributed by atoms with van der Waals surface area (Å²) in [6.07, 6.45) is 0. The van der Waals surface area contributed by atoms with Crippen molar-refractivity contribution in [3.05, 3.63) is 30.3 Å². The predicted octanol–water partition coefficient (Wildman–Crippen LogP) is 1.80. The summed E-state index contributed by atoms with van der Waals surface area (Å²) < 4.78 is 5.50. The summed E-state index contributed by atoms with van der Waals surface area (Å²) in [6.45, 7) is 1.34. The van der Waals surface area contributed by atoms with Crippen LogP contribution in [0.3, 0.4) is 0 Å². The van der Waals surface area contributed by atoms with Gasteiger partial charge in [0.1, 0.15) is 5.58 Å². The van der Waals surface area contributed by atoms with Gasteiger partial charge < -0.3 is 15.5 Å². The minimum Gasteiger partial charge on any atom is -0.441 e. The maximum absolute atomic E-state index is 5.50. The Kier molecular flexibility index (Phi) is 2.19. The largest absolute Gasteiger partial charge is 0.441 e. The van der Waals surface area contributed by atoms with Gasteiger partial charge in [-0.2, -0.15) is 0 Å². The topological polar surface area (TPSA) is 51.2 Å². The third-order valence-electron chi connectivity index (χ3n) is 1.87. The van der Waals surface area contributed by atoms with Gasteiger partial charge in [-0.1, -0.05) is 18.2 Å². The molecule has 0 saturated heterocycles. The average molecular weight is 176 g/mol. The van der Waals surface area contributed by atoms with E-state index in [-0.39, 0.29) is 0 Å². The van der Waals surface area contributed by atoms with E-state index in [9.17, 15) is 0 Å². The highest BCUT2D eigenvalue weighted by Gasteiger charge is 2.00. The maximum Gasteiger partial charge on any atom is 0.194 e. The van der Waals surface area contributed by atoms with Gasteiger partial charge in [-0.15, -0.1) is 0 Å². The number of furan rings is 1. The van der Waals surface area contributed by atoms with Gasteiger partial charge in [-0.3, -0.25) is 0 Å². The number of benzene rings is 1. The van der Waals surface area contributed by atoms with Crippen LogP contribution in [0.25, 0.3) is 11.0 Å². The van der Waals surface area contributed by atoms with Crippen LogP contribution in [0, 0.1) is 0 Å². The van der Waals surface area contributed by atoms with Crippen molar-refractivity contribution in [2.24, 2.45) is 5.73 Å². The Hall–Kier alpha value is -1.48. The summed E-state index contributed by atoms with van der Waals surface area (Å²) in [5.41, 5.74) is 6.27. The van der Waals surface area contributed by atoms with Gasteiger partial charge in [0.05, 0.1) is 0 Å². The van der Waals surface area contributed by atoms with E-state index in [1.807, 2.05) is 30.3 Å². The molecule has 0 atom stereocenters. The monoisotopic (exact) mass is 176 g/mol. The van der Waals surface area contributed by atoms with Crippen molar-refractivity contribution >= 4 is 16.9 Å². The number of hydrogen-bond donors (Lipinski definition) is 2. The number of nitrogens with two attached hydrogens (primary N) is 1. The van der Waals surface area contributed by atoms with E-state index in [0.29, 0.717) is 6.54 Å². The van der Waals surface area contributed by atoms with Crippen LogP contribution in [0.15, 0.2) is 34.7 Å². The fraction of sp³-hybridized carbons (Fsp3) is 0.200. The van der Waals surface area contributed by atoms with E-state index >= 15 is 0 Å². The van der Waals surface area contributed by atoms with Crippen molar-refractivity contribution in [3.8, 4) is 0 Å². The second-order valence-corrected chi connectivity index (χ2v) is 2.86. The number of rotatable bonds is 3. The van der Waals surface area contributed by atoms with Gasteiger partial charge in [-0.25, -0.2) is 0 Å². The lowest BCUT2D eigenvalue weighted by molar-refractivity contribution is 0.627. The number of fused-ring (bicyclic) bond motifs is 1. The quantitative estimate of drug-likeness (QED) is 0.749. The Labute approximate surface area is 76.5 Å². The van der Waals surface area contributed by atoms with Gasteiger partial charge in [0.2, 0.25) is 0 Å². The van der Waals surface area contributed by atoms with Crippen molar-refractivity contribution in [2.45, 2.75) is 0 Å². The SMILES string of the molecule is NCCNc1cc2ccccc2o1. The summed E-state index contributed by atoms with van der Waals surface area (Å²) in [5.74, 6) is 0.784. The van der Waals surface area contributed by atoms with Crippen molar-refractivity contribution in [3.63, 3.8) is 0 Å². The molecule has 0 bridgehead atoms. The summed E-state index contributed by atoms with van der Waals surface area (Å²) in [7, 11) is 0. The zero-order valence-corrected chi connectivity index (χ0v) is 7.29. The summed E-state index contributed by atoms with van der Waals surface area (Å²) in [6, 6.07) is 9.89. The average Bonchev–Trinajstić information content (AvgIpc) is 2.57. The van der Waals surface area contributed by atoms with Crippen LogP contribution < -0.4 is 11.1 Å². The van der Waals surface area contributed by atoms with Crippen LogP contribution in [-0.4, -0.2) is 13.1 Å². The number of anilines is 1. The first-order valence-electron chi connectivity index (χ1n) is 4.32. The molecule has 0 spiro atoms. The minimum atomic E-state index is 0.608. The zero-order chi connectivity index (χ0) is 9.10. The maximum atomic E-state index is 5.50. The standard InChI is InChI=1S/C10H12N2O/c11-5-6-12-10-7-8-3-1-2-4-9(8)13-10/h1-4,7,12H,5-6,11H2. The van der Waals surface area contributed by atoms with E-state index in [4.69, 9.17) is 10.2 Å². The molecule has 1 aromatic carbocycles. The molecule has 1 heterocycles. The molecule has 0 saturated carbocycles. The molecule has 13 heavy (non-hydrogen) atoms. The van der Waals surface area contributed by atoms with E-state index in [1.165, 1.54) is 0 Å². The van der Waals surface area contributed by atoms with Gasteiger partial charge in [0.15, 0.2) is 5.88 Å². The molecule has 0 unspecified atom stereocenters. The van der Waals surface area contributed by atoms with Crippen LogP contribution in [-0.2, 0) is 0 Å². The van der Waals surface area contributed by atoms with Crippen LogP contribution in [0.4, 0.5) is 5.88 Å². The van der Waals surface area contributed by atoms with Crippen LogP contribution >= 0.6 is 0 Å². The molecule has 1 aromatic heterocycles. The third-order valence-corrected chi connectivity index (χ3v) is 1.87. The number of hydrogen-bond acceptors (Lipinski definition) is 3. The molecular weight excluding hydrogens is 164 g/mol. The van der Waals surface area contributed by atoms with Crippen molar-refractivity contribution in [2.75, 3.05) is 18.4 Å². The molecule has 0 aliphatic heterocycles. The molecule has 0 fully saturated rings. The first-order valence-corrected chi connectivity index (χ1v) is 4.32. The Balaban J connectivity index is 2.28. The highest BCUT2D eigenvalue weighted by Crippen LogP contribution is 2.21. The van der Waals surface area contributed by atoms with E-state index in [2.05, 4.69) is 5.32 Å². The first-order chi connectivity index (χ1) is 6.40. The molecule has 0 aliphatic rings. The molecule has 3 heteroatoms. The molecule has 0 radical (unpaired) electrons. The molecular formula is C10H12N2O. The molecule has 2 aromatic rings. The van der Waals surface area contributed by atoms with Gasteiger partial charge >= 0.3 is 0 Å². The van der Waals surface area contributed by atoms with Gasteiger partial charge in [0.25, 0.3) is 0 Å². The summed E-state index contributed by atoms with van der Waals surface area (Å²) >= 11 is 0. The van der Waals surface area contributed by atoms with Gasteiger partial charge in [0, 0.05) is 24.5 Å². The van der Waals surface area contributed by atoms with E-state index in [1.54, 1.807) is 0 Å². The summed E-state index contributed by atoms with van der Waals surface area (Å²) in [4.78, 5) is 0. The second-order valence-electron chi connectivity index (χ2n) is 2.86. The lowest BCUT2D eigenvalue weighted by atomic mass is 10.3. The lowest BCUT2D eigenvalue weighted by Crippen LogP contribution is -2.12. The van der Waals surface area contributed by atoms with E-state index < -0.39 is 0 Å². The Morgan fingerprint density at radius 3 is 2.92 bits per heavy atom. The van der Waals surface area contributed by atoms with Crippen molar-refractivity contribution in [1.29, 1.82) is 0 Å².